The van der Waals surface area contributed by atoms with Crippen LogP contribution in [-0.4, -0.2) is 21.7 Å². The van der Waals surface area contributed by atoms with Crippen LogP contribution in [-0.2, 0) is 27.8 Å². The largest absolute Gasteiger partial charge is 0.598 e. The second-order valence-corrected chi connectivity index (χ2v) is 13.2. The van der Waals surface area contributed by atoms with E-state index in [2.05, 4.69) is 10.8 Å². The molecule has 5 nitrogen and oxygen atoms in total. The average Bonchev–Trinajstić information content (AvgIpc) is 3.02. The van der Waals surface area contributed by atoms with Gasteiger partial charge in [-0.25, -0.2) is 12.4 Å². The van der Waals surface area contributed by atoms with E-state index in [1.807, 2.05) is 58.9 Å². The zero-order chi connectivity index (χ0) is 22.6. The van der Waals surface area contributed by atoms with E-state index >= 15 is 0 Å². The molecule has 0 radical (unpaired) electrons. The summed E-state index contributed by atoms with van der Waals surface area (Å²) >= 11 is -1.25. The van der Waals surface area contributed by atoms with Gasteiger partial charge in [0.1, 0.15) is 4.75 Å². The number of nitrogens with zero attached hydrogens (tertiary/aromatic N) is 1. The molecule has 1 aliphatic carbocycles. The SMILES string of the molecule is Cc1ccc(S(=O)(=O)n2c3c(c4cc(C)ccc42)[C@H](N[S@+]([O-])C(C)(C)C)CCC3)cc1. The molecule has 1 aromatic heterocycles. The Labute approximate surface area is 188 Å². The first-order valence-electron chi connectivity index (χ1n) is 10.6. The molecule has 1 aliphatic rings. The van der Waals surface area contributed by atoms with Gasteiger partial charge in [-0.05, 0) is 78.1 Å². The highest BCUT2D eigenvalue weighted by Crippen LogP contribution is 2.41. The number of aryl methyl sites for hydroxylation is 2. The first-order valence-corrected chi connectivity index (χ1v) is 13.2. The van der Waals surface area contributed by atoms with Crippen LogP contribution in [0.2, 0.25) is 0 Å². The predicted molar refractivity (Wildman–Crippen MR) is 127 cm³/mol. The summed E-state index contributed by atoms with van der Waals surface area (Å²) in [5.41, 5.74) is 4.55. The Morgan fingerprint density at radius 2 is 1.71 bits per heavy atom. The maximum atomic E-state index is 13.7. The lowest BCUT2D eigenvalue weighted by molar-refractivity contribution is 0.488. The minimum atomic E-state index is -3.76. The molecule has 31 heavy (non-hydrogen) atoms. The molecule has 0 bridgehead atoms. The molecule has 0 aliphatic heterocycles. The van der Waals surface area contributed by atoms with Gasteiger partial charge in [-0.2, -0.15) is 0 Å². The maximum absolute atomic E-state index is 13.7. The van der Waals surface area contributed by atoms with Gasteiger partial charge >= 0.3 is 0 Å². The zero-order valence-electron chi connectivity index (χ0n) is 18.7. The van der Waals surface area contributed by atoms with Crippen molar-refractivity contribution >= 4 is 32.3 Å². The number of nitrogens with one attached hydrogen (secondary N) is 1. The topological polar surface area (TPSA) is 74.2 Å². The van der Waals surface area contributed by atoms with Gasteiger partial charge in [-0.3, -0.25) is 0 Å². The quantitative estimate of drug-likeness (QED) is 0.563. The van der Waals surface area contributed by atoms with Gasteiger partial charge in [0.2, 0.25) is 0 Å². The van der Waals surface area contributed by atoms with Crippen molar-refractivity contribution in [1.29, 1.82) is 0 Å². The summed E-state index contributed by atoms with van der Waals surface area (Å²) in [5, 5.41) is 0.925. The Balaban J connectivity index is 1.94. The Morgan fingerprint density at radius 3 is 2.35 bits per heavy atom. The van der Waals surface area contributed by atoms with Crippen molar-refractivity contribution in [1.82, 2.24) is 8.69 Å². The molecular formula is C24H30N2O3S2. The minimum Gasteiger partial charge on any atom is -0.598 e. The standard InChI is InChI=1S/C24H30N2O3S2/c1-16-9-12-18(13-10-16)31(28,29)26-21-14-11-17(2)15-19(21)23-20(7-6-8-22(23)26)25-30(27)24(3,4)5/h9-15,20,25H,6-8H2,1-5H3/t20-,30-/m1/s1. The first kappa shape index (κ1) is 22.4. The van der Waals surface area contributed by atoms with Crippen LogP contribution in [0.3, 0.4) is 0 Å². The number of aromatic nitrogens is 1. The van der Waals surface area contributed by atoms with Gasteiger partial charge in [0.25, 0.3) is 10.0 Å². The van der Waals surface area contributed by atoms with Crippen LogP contribution >= 0.6 is 0 Å². The van der Waals surface area contributed by atoms with Gasteiger partial charge in [0.15, 0.2) is 0 Å². The molecule has 4 rings (SSSR count). The van der Waals surface area contributed by atoms with Crippen LogP contribution in [0, 0.1) is 13.8 Å². The smallest absolute Gasteiger partial charge is 0.268 e. The van der Waals surface area contributed by atoms with Gasteiger partial charge in [-0.1, -0.05) is 29.3 Å². The van der Waals surface area contributed by atoms with E-state index in [4.69, 9.17) is 0 Å². The fraction of sp³-hybridized carbons (Fsp3) is 0.417. The highest BCUT2D eigenvalue weighted by Gasteiger charge is 2.36. The lowest BCUT2D eigenvalue weighted by atomic mass is 9.91. The number of hydrogen-bond acceptors (Lipinski definition) is 4. The number of benzene rings is 2. The summed E-state index contributed by atoms with van der Waals surface area (Å²) < 4.78 is 44.8. The summed E-state index contributed by atoms with van der Waals surface area (Å²) in [6.45, 7) is 9.77. The number of hydrogen-bond donors (Lipinski definition) is 1. The molecule has 2 atom stereocenters. The van der Waals surface area contributed by atoms with Crippen LogP contribution in [0.1, 0.15) is 62.0 Å². The molecule has 0 saturated carbocycles. The van der Waals surface area contributed by atoms with E-state index in [0.717, 1.165) is 40.6 Å². The van der Waals surface area contributed by atoms with E-state index < -0.39 is 26.1 Å². The number of fused-ring (bicyclic) bond motifs is 3. The Bertz CT molecular complexity index is 1220. The van der Waals surface area contributed by atoms with E-state index in [-0.39, 0.29) is 10.9 Å². The molecule has 0 spiro atoms. The van der Waals surface area contributed by atoms with E-state index in [0.29, 0.717) is 11.9 Å². The maximum Gasteiger partial charge on any atom is 0.268 e. The van der Waals surface area contributed by atoms with Crippen molar-refractivity contribution in [3.63, 3.8) is 0 Å². The molecule has 1 heterocycles. The number of rotatable bonds is 4. The molecule has 0 amide bonds. The van der Waals surface area contributed by atoms with Crippen LogP contribution in [0.5, 0.6) is 0 Å². The summed E-state index contributed by atoms with van der Waals surface area (Å²) in [4.78, 5) is 0.284. The summed E-state index contributed by atoms with van der Waals surface area (Å²) in [5.74, 6) is 0. The highest BCUT2D eigenvalue weighted by molar-refractivity contribution is 7.91. The third-order valence-corrected chi connectivity index (χ3v) is 9.21. The normalized spacial score (nSPS) is 18.2. The van der Waals surface area contributed by atoms with Gasteiger partial charge in [0, 0.05) is 28.0 Å². The minimum absolute atomic E-state index is 0.150. The van der Waals surface area contributed by atoms with Crippen molar-refractivity contribution in [3.8, 4) is 0 Å². The third-order valence-electron chi connectivity index (χ3n) is 5.84. The van der Waals surface area contributed by atoms with Crippen molar-refractivity contribution in [2.24, 2.45) is 0 Å². The summed E-state index contributed by atoms with van der Waals surface area (Å²) in [6, 6.07) is 12.7. The monoisotopic (exact) mass is 458 g/mol. The highest BCUT2D eigenvalue weighted by atomic mass is 32.2. The Morgan fingerprint density at radius 1 is 1.06 bits per heavy atom. The fourth-order valence-electron chi connectivity index (χ4n) is 4.21. The van der Waals surface area contributed by atoms with Crippen LogP contribution in [0.15, 0.2) is 47.4 Å². The molecule has 0 saturated heterocycles. The second-order valence-electron chi connectivity index (χ2n) is 9.41. The third kappa shape index (κ3) is 4.04. The van der Waals surface area contributed by atoms with Crippen molar-refractivity contribution in [3.05, 3.63) is 64.8 Å². The van der Waals surface area contributed by atoms with Crippen molar-refractivity contribution in [2.75, 3.05) is 0 Å². The molecule has 2 aromatic carbocycles. The summed E-state index contributed by atoms with van der Waals surface area (Å²) in [6.07, 6.45) is 2.34. The van der Waals surface area contributed by atoms with Crippen LogP contribution in [0.4, 0.5) is 0 Å². The fourth-order valence-corrected chi connectivity index (χ4v) is 6.65. The Hall–Kier alpha value is -1.80. The molecule has 0 unspecified atom stereocenters. The van der Waals surface area contributed by atoms with Gasteiger partial charge in [-0.15, -0.1) is 4.72 Å². The van der Waals surface area contributed by atoms with E-state index in [9.17, 15) is 13.0 Å². The molecule has 166 valence electrons. The second kappa shape index (κ2) is 7.96. The van der Waals surface area contributed by atoms with Crippen LogP contribution < -0.4 is 4.72 Å². The Kier molecular flexibility index (Phi) is 5.75. The average molecular weight is 459 g/mol. The molecule has 3 aromatic rings. The zero-order valence-corrected chi connectivity index (χ0v) is 20.4. The van der Waals surface area contributed by atoms with Gasteiger partial charge < -0.3 is 4.55 Å². The molecular weight excluding hydrogens is 428 g/mol. The first-order chi connectivity index (χ1) is 14.5. The van der Waals surface area contributed by atoms with Crippen LogP contribution in [0.25, 0.3) is 10.9 Å². The lowest BCUT2D eigenvalue weighted by Gasteiger charge is -2.30. The van der Waals surface area contributed by atoms with E-state index in [1.165, 1.54) is 3.97 Å². The summed E-state index contributed by atoms with van der Waals surface area (Å²) in [7, 11) is -3.76. The van der Waals surface area contributed by atoms with E-state index in [1.54, 1.807) is 12.1 Å². The van der Waals surface area contributed by atoms with Gasteiger partial charge in [0.05, 0.1) is 16.5 Å². The van der Waals surface area contributed by atoms with Crippen molar-refractivity contribution < 1.29 is 13.0 Å². The predicted octanol–water partition coefficient (Wildman–Crippen LogP) is 4.92. The molecule has 0 fully saturated rings. The van der Waals surface area contributed by atoms with Crippen molar-refractivity contribution in [2.45, 2.75) is 69.6 Å². The molecule has 7 heteroatoms. The lowest BCUT2D eigenvalue weighted by Crippen LogP contribution is -2.42. The molecule has 1 N–H and O–H groups in total.